The molecule has 92 valence electrons. The van der Waals surface area contributed by atoms with Gasteiger partial charge in [-0.25, -0.2) is 4.98 Å². The van der Waals surface area contributed by atoms with Crippen molar-refractivity contribution < 1.29 is 5.11 Å². The summed E-state index contributed by atoms with van der Waals surface area (Å²) in [5.74, 6) is 0. The molecule has 0 saturated carbocycles. The van der Waals surface area contributed by atoms with Crippen molar-refractivity contribution in [3.05, 3.63) is 17.7 Å². The molecule has 3 N–H and O–H groups in total. The smallest absolute Gasteiger partial charge is 0.0955 e. The van der Waals surface area contributed by atoms with Crippen molar-refractivity contribution in [2.24, 2.45) is 11.1 Å². The lowest BCUT2D eigenvalue weighted by atomic mass is 9.83. The summed E-state index contributed by atoms with van der Waals surface area (Å²) in [5.41, 5.74) is 8.22. The van der Waals surface area contributed by atoms with Gasteiger partial charge >= 0.3 is 0 Å². The summed E-state index contributed by atoms with van der Waals surface area (Å²) >= 11 is 0. The molecule has 0 aromatic carbocycles. The summed E-state index contributed by atoms with van der Waals surface area (Å²) in [4.78, 5) is 4.25. The second-order valence-corrected chi connectivity index (χ2v) is 5.46. The highest BCUT2D eigenvalue weighted by Crippen LogP contribution is 2.27. The lowest BCUT2D eigenvalue weighted by Crippen LogP contribution is -2.44. The Morgan fingerprint density at radius 3 is 2.31 bits per heavy atom. The van der Waals surface area contributed by atoms with Crippen LogP contribution < -0.4 is 5.73 Å². The normalized spacial score (nSPS) is 16.2. The number of aromatic nitrogens is 2. The Bertz CT molecular complexity index is 352. The Labute approximate surface area is 97.5 Å². The maximum absolute atomic E-state index is 9.52. The fraction of sp³-hybridized carbons (Fsp3) is 0.750. The van der Waals surface area contributed by atoms with Gasteiger partial charge in [0.25, 0.3) is 0 Å². The summed E-state index contributed by atoms with van der Waals surface area (Å²) in [5, 5.41) is 9.52. The predicted octanol–water partition coefficient (Wildman–Crippen LogP) is 1.41. The Morgan fingerprint density at radius 2 is 2.00 bits per heavy atom. The van der Waals surface area contributed by atoms with E-state index in [9.17, 15) is 5.11 Å². The van der Waals surface area contributed by atoms with E-state index in [1.807, 2.05) is 18.4 Å². The van der Waals surface area contributed by atoms with Gasteiger partial charge in [0.1, 0.15) is 0 Å². The number of hydrogen-bond acceptors (Lipinski definition) is 3. The Morgan fingerprint density at radius 1 is 1.44 bits per heavy atom. The molecule has 2 unspecified atom stereocenters. The third-order valence-corrected chi connectivity index (χ3v) is 3.25. The minimum Gasteiger partial charge on any atom is -0.394 e. The molecule has 0 bridgehead atoms. The summed E-state index contributed by atoms with van der Waals surface area (Å²) < 4.78 is 1.98. The molecule has 1 aromatic rings. The average molecular weight is 225 g/mol. The van der Waals surface area contributed by atoms with E-state index in [2.05, 4.69) is 25.8 Å². The molecule has 2 atom stereocenters. The quantitative estimate of drug-likeness (QED) is 0.817. The monoisotopic (exact) mass is 225 g/mol. The summed E-state index contributed by atoms with van der Waals surface area (Å²) in [6.45, 7) is 10.2. The zero-order valence-corrected chi connectivity index (χ0v) is 10.9. The van der Waals surface area contributed by atoms with Crippen LogP contribution in [0.1, 0.15) is 38.2 Å². The van der Waals surface area contributed by atoms with Gasteiger partial charge in [-0.05, 0) is 19.3 Å². The Hall–Kier alpha value is -0.870. The molecule has 0 radical (unpaired) electrons. The van der Waals surface area contributed by atoms with E-state index in [0.29, 0.717) is 0 Å². The SMILES string of the molecule is Cc1ncn(C(CO)C(N)C(C)(C)C)c1C. The highest BCUT2D eigenvalue weighted by Gasteiger charge is 2.30. The van der Waals surface area contributed by atoms with Gasteiger partial charge in [-0.15, -0.1) is 0 Å². The van der Waals surface area contributed by atoms with Gasteiger partial charge in [0, 0.05) is 11.7 Å². The molecule has 0 aliphatic heterocycles. The molecule has 16 heavy (non-hydrogen) atoms. The number of rotatable bonds is 3. The third kappa shape index (κ3) is 2.44. The average Bonchev–Trinajstić information content (AvgIpc) is 2.49. The second-order valence-electron chi connectivity index (χ2n) is 5.46. The maximum Gasteiger partial charge on any atom is 0.0955 e. The van der Waals surface area contributed by atoms with E-state index >= 15 is 0 Å². The van der Waals surface area contributed by atoms with Crippen molar-refractivity contribution in [2.45, 2.75) is 46.7 Å². The first kappa shape index (κ1) is 13.2. The van der Waals surface area contributed by atoms with Crippen molar-refractivity contribution in [3.63, 3.8) is 0 Å². The van der Waals surface area contributed by atoms with Gasteiger partial charge in [0.15, 0.2) is 0 Å². The number of nitrogens with two attached hydrogens (primary N) is 1. The number of aliphatic hydroxyl groups is 1. The van der Waals surface area contributed by atoms with E-state index in [1.54, 1.807) is 6.33 Å². The van der Waals surface area contributed by atoms with Gasteiger partial charge < -0.3 is 15.4 Å². The first-order chi connectivity index (χ1) is 7.29. The second kappa shape index (κ2) is 4.55. The zero-order chi connectivity index (χ0) is 12.5. The number of imidazole rings is 1. The topological polar surface area (TPSA) is 64.1 Å². The maximum atomic E-state index is 9.52. The predicted molar refractivity (Wildman–Crippen MR) is 65.3 cm³/mol. The van der Waals surface area contributed by atoms with Crippen LogP contribution in [0.2, 0.25) is 0 Å². The van der Waals surface area contributed by atoms with Crippen LogP contribution in [0, 0.1) is 19.3 Å². The van der Waals surface area contributed by atoms with E-state index in [0.717, 1.165) is 11.4 Å². The van der Waals surface area contributed by atoms with Gasteiger partial charge in [-0.3, -0.25) is 0 Å². The fourth-order valence-electron chi connectivity index (χ4n) is 1.80. The van der Waals surface area contributed by atoms with Gasteiger partial charge in [-0.1, -0.05) is 20.8 Å². The molecule has 0 aliphatic rings. The fourth-order valence-corrected chi connectivity index (χ4v) is 1.80. The van der Waals surface area contributed by atoms with Gasteiger partial charge in [0.2, 0.25) is 0 Å². The number of hydrogen-bond donors (Lipinski definition) is 2. The molecule has 4 heteroatoms. The molecule has 0 fully saturated rings. The van der Waals surface area contributed by atoms with Crippen molar-refractivity contribution in [3.8, 4) is 0 Å². The molecule has 0 spiro atoms. The Kier molecular flexibility index (Phi) is 3.76. The lowest BCUT2D eigenvalue weighted by molar-refractivity contribution is 0.153. The van der Waals surface area contributed by atoms with Crippen molar-refractivity contribution in [1.29, 1.82) is 0 Å². The molecule has 0 aliphatic carbocycles. The molecule has 0 saturated heterocycles. The van der Waals surface area contributed by atoms with E-state index in [4.69, 9.17) is 5.73 Å². The molecule has 4 nitrogen and oxygen atoms in total. The van der Waals surface area contributed by atoms with Crippen molar-refractivity contribution >= 4 is 0 Å². The van der Waals surface area contributed by atoms with Crippen molar-refractivity contribution in [2.75, 3.05) is 6.61 Å². The van der Waals surface area contributed by atoms with E-state index in [1.165, 1.54) is 0 Å². The molecule has 1 aromatic heterocycles. The molecule has 1 rings (SSSR count). The van der Waals surface area contributed by atoms with Crippen molar-refractivity contribution in [1.82, 2.24) is 9.55 Å². The summed E-state index contributed by atoms with van der Waals surface area (Å²) in [6.07, 6.45) is 1.76. The standard InChI is InChI=1S/C12H23N3O/c1-8-9(2)15(7-14-8)10(6-16)11(13)12(3,4)5/h7,10-11,16H,6,13H2,1-5H3. The van der Waals surface area contributed by atoms with Crippen LogP contribution in [-0.2, 0) is 0 Å². The third-order valence-electron chi connectivity index (χ3n) is 3.25. The Balaban J connectivity index is 3.04. The van der Waals surface area contributed by atoms with Crippen LogP contribution in [0.3, 0.4) is 0 Å². The first-order valence-electron chi connectivity index (χ1n) is 5.65. The first-order valence-corrected chi connectivity index (χ1v) is 5.65. The highest BCUT2D eigenvalue weighted by molar-refractivity contribution is 5.11. The van der Waals surface area contributed by atoms with E-state index in [-0.39, 0.29) is 24.1 Å². The minimum absolute atomic E-state index is 0.0368. The van der Waals surface area contributed by atoms with Crippen LogP contribution in [0.4, 0.5) is 0 Å². The molecular weight excluding hydrogens is 202 g/mol. The molecule has 1 heterocycles. The highest BCUT2D eigenvalue weighted by atomic mass is 16.3. The molecule has 0 amide bonds. The molecular formula is C12H23N3O. The van der Waals surface area contributed by atoms with Gasteiger partial charge in [-0.2, -0.15) is 0 Å². The van der Waals surface area contributed by atoms with Crippen LogP contribution in [-0.4, -0.2) is 27.3 Å². The summed E-state index contributed by atoms with van der Waals surface area (Å²) in [6, 6.07) is -0.217. The number of aryl methyl sites for hydroxylation is 1. The largest absolute Gasteiger partial charge is 0.394 e. The zero-order valence-electron chi connectivity index (χ0n) is 10.9. The van der Waals surface area contributed by atoms with Crippen LogP contribution in [0.5, 0.6) is 0 Å². The summed E-state index contributed by atoms with van der Waals surface area (Å²) in [7, 11) is 0. The number of aliphatic hydroxyl groups excluding tert-OH is 1. The van der Waals surface area contributed by atoms with Crippen LogP contribution in [0.15, 0.2) is 6.33 Å². The van der Waals surface area contributed by atoms with Gasteiger partial charge in [0.05, 0.1) is 24.7 Å². The number of nitrogens with zero attached hydrogens (tertiary/aromatic N) is 2. The minimum atomic E-state index is -0.110. The lowest BCUT2D eigenvalue weighted by Gasteiger charge is -2.34. The van der Waals surface area contributed by atoms with Crippen LogP contribution in [0.25, 0.3) is 0 Å². The van der Waals surface area contributed by atoms with Crippen LogP contribution >= 0.6 is 0 Å². The van der Waals surface area contributed by atoms with E-state index < -0.39 is 0 Å².